The van der Waals surface area contributed by atoms with E-state index in [1.807, 2.05) is 11.9 Å². The Hall–Kier alpha value is -1.88. The molecule has 1 aliphatic heterocycles. The lowest BCUT2D eigenvalue weighted by Gasteiger charge is -2.29. The summed E-state index contributed by atoms with van der Waals surface area (Å²) in [5.41, 5.74) is 1.23. The van der Waals surface area contributed by atoms with Gasteiger partial charge in [0.25, 0.3) is 5.91 Å². The van der Waals surface area contributed by atoms with Crippen molar-refractivity contribution in [1.82, 2.24) is 14.7 Å². The third-order valence-electron chi connectivity index (χ3n) is 4.23. The van der Waals surface area contributed by atoms with Crippen LogP contribution >= 0.6 is 11.6 Å². The van der Waals surface area contributed by atoms with Gasteiger partial charge in [0.1, 0.15) is 11.5 Å². The Kier molecular flexibility index (Phi) is 4.66. The van der Waals surface area contributed by atoms with E-state index >= 15 is 0 Å². The van der Waals surface area contributed by atoms with E-state index in [0.717, 1.165) is 31.4 Å². The first kappa shape index (κ1) is 16.0. The molecule has 1 aliphatic rings. The van der Waals surface area contributed by atoms with Crippen LogP contribution < -0.4 is 0 Å². The number of rotatable bonds is 2. The van der Waals surface area contributed by atoms with E-state index in [-0.39, 0.29) is 17.8 Å². The standard InChI is InChI=1S/C17H19ClFN3O/c1-21-11-14(18)16(20-21)15-5-3-2-4-10-22(15)17(23)12-6-8-13(19)9-7-12/h6-9,11,15H,2-5,10H2,1H3. The number of carbonyl (C=O) groups excluding carboxylic acids is 1. The first-order valence-electron chi connectivity index (χ1n) is 7.82. The van der Waals surface area contributed by atoms with Crippen molar-refractivity contribution in [3.63, 3.8) is 0 Å². The summed E-state index contributed by atoms with van der Waals surface area (Å²) >= 11 is 6.30. The number of aryl methyl sites for hydroxylation is 1. The van der Waals surface area contributed by atoms with E-state index in [0.29, 0.717) is 17.1 Å². The lowest BCUT2D eigenvalue weighted by molar-refractivity contribution is 0.0676. The number of carbonyl (C=O) groups is 1. The largest absolute Gasteiger partial charge is 0.330 e. The van der Waals surface area contributed by atoms with Gasteiger partial charge in [-0.05, 0) is 37.1 Å². The highest BCUT2D eigenvalue weighted by Crippen LogP contribution is 2.34. The van der Waals surface area contributed by atoms with Crippen molar-refractivity contribution in [3.8, 4) is 0 Å². The summed E-state index contributed by atoms with van der Waals surface area (Å²) < 4.78 is 14.8. The highest BCUT2D eigenvalue weighted by Gasteiger charge is 2.30. The predicted molar refractivity (Wildman–Crippen MR) is 86.9 cm³/mol. The Morgan fingerprint density at radius 2 is 2.00 bits per heavy atom. The molecule has 0 radical (unpaired) electrons. The number of benzene rings is 1. The van der Waals surface area contributed by atoms with E-state index in [9.17, 15) is 9.18 Å². The molecule has 1 aromatic heterocycles. The first-order chi connectivity index (χ1) is 11.1. The van der Waals surface area contributed by atoms with E-state index in [4.69, 9.17) is 11.6 Å². The number of likely N-dealkylation sites (tertiary alicyclic amines) is 1. The second-order valence-corrected chi connectivity index (χ2v) is 6.31. The molecule has 0 N–H and O–H groups in total. The minimum atomic E-state index is -0.346. The number of halogens is 2. The predicted octanol–water partition coefficient (Wildman–Crippen LogP) is 3.97. The molecule has 2 heterocycles. The van der Waals surface area contributed by atoms with E-state index in [2.05, 4.69) is 5.10 Å². The van der Waals surface area contributed by atoms with Crippen molar-refractivity contribution in [2.24, 2.45) is 7.05 Å². The molecule has 0 saturated carbocycles. The van der Waals surface area contributed by atoms with Gasteiger partial charge in [-0.2, -0.15) is 5.10 Å². The van der Waals surface area contributed by atoms with Crippen LogP contribution in [-0.4, -0.2) is 27.1 Å². The zero-order chi connectivity index (χ0) is 16.4. The average Bonchev–Trinajstić information content (AvgIpc) is 2.74. The van der Waals surface area contributed by atoms with Crippen molar-refractivity contribution in [1.29, 1.82) is 0 Å². The van der Waals surface area contributed by atoms with E-state index in [1.54, 1.807) is 10.9 Å². The smallest absolute Gasteiger partial charge is 0.254 e. The van der Waals surface area contributed by atoms with Crippen molar-refractivity contribution in [3.05, 3.63) is 52.6 Å². The number of aromatic nitrogens is 2. The molecule has 4 nitrogen and oxygen atoms in total. The minimum absolute atomic E-state index is 0.0985. The van der Waals surface area contributed by atoms with E-state index in [1.165, 1.54) is 24.3 Å². The second-order valence-electron chi connectivity index (χ2n) is 5.91. The maximum Gasteiger partial charge on any atom is 0.254 e. The van der Waals surface area contributed by atoms with Gasteiger partial charge in [0, 0.05) is 25.4 Å². The molecule has 1 atom stereocenters. The van der Waals surface area contributed by atoms with Gasteiger partial charge in [0.2, 0.25) is 0 Å². The fourth-order valence-electron chi connectivity index (χ4n) is 3.10. The Morgan fingerprint density at radius 3 is 2.65 bits per heavy atom. The Labute approximate surface area is 139 Å². The first-order valence-corrected chi connectivity index (χ1v) is 8.19. The quantitative estimate of drug-likeness (QED) is 0.832. The van der Waals surface area contributed by atoms with Crippen LogP contribution in [0, 0.1) is 5.82 Å². The molecule has 3 rings (SSSR count). The zero-order valence-electron chi connectivity index (χ0n) is 13.0. The van der Waals surface area contributed by atoms with Crippen LogP contribution in [0.25, 0.3) is 0 Å². The molecule has 6 heteroatoms. The molecule has 1 amide bonds. The van der Waals surface area contributed by atoms with Crippen molar-refractivity contribution in [2.45, 2.75) is 31.7 Å². The molecule has 0 aliphatic carbocycles. The molecule has 122 valence electrons. The zero-order valence-corrected chi connectivity index (χ0v) is 13.8. The van der Waals surface area contributed by atoms with Gasteiger partial charge in [-0.3, -0.25) is 9.48 Å². The van der Waals surface area contributed by atoms with E-state index < -0.39 is 0 Å². The summed E-state index contributed by atoms with van der Waals surface area (Å²) in [6.07, 6.45) is 5.65. The molecule has 1 saturated heterocycles. The molecule has 0 spiro atoms. The van der Waals surface area contributed by atoms with Crippen molar-refractivity contribution in [2.75, 3.05) is 6.54 Å². The molecule has 23 heavy (non-hydrogen) atoms. The Balaban J connectivity index is 1.94. The fraction of sp³-hybridized carbons (Fsp3) is 0.412. The Morgan fingerprint density at radius 1 is 1.26 bits per heavy atom. The molecule has 1 unspecified atom stereocenters. The number of hydrogen-bond acceptors (Lipinski definition) is 2. The monoisotopic (exact) mass is 335 g/mol. The van der Waals surface area contributed by atoms with Gasteiger partial charge in [0.15, 0.2) is 0 Å². The molecule has 1 aromatic carbocycles. The topological polar surface area (TPSA) is 38.1 Å². The molecule has 2 aromatic rings. The summed E-state index contributed by atoms with van der Waals surface area (Å²) in [5.74, 6) is -0.444. The fourth-order valence-corrected chi connectivity index (χ4v) is 3.40. The summed E-state index contributed by atoms with van der Waals surface area (Å²) in [6, 6.07) is 5.55. The van der Waals surface area contributed by atoms with Crippen LogP contribution in [-0.2, 0) is 7.05 Å². The summed E-state index contributed by atoms with van der Waals surface area (Å²) in [5, 5.41) is 5.03. The maximum absolute atomic E-state index is 13.1. The number of amides is 1. The Bertz CT molecular complexity index is 698. The molecular weight excluding hydrogens is 317 g/mol. The summed E-state index contributed by atoms with van der Waals surface area (Å²) in [6.45, 7) is 0.660. The van der Waals surface area contributed by atoms with Crippen LogP contribution in [0.5, 0.6) is 0 Å². The van der Waals surface area contributed by atoms with Crippen LogP contribution in [0.15, 0.2) is 30.5 Å². The third-order valence-corrected chi connectivity index (χ3v) is 4.52. The van der Waals surface area contributed by atoms with Gasteiger partial charge in [-0.1, -0.05) is 24.4 Å². The third kappa shape index (κ3) is 3.39. The van der Waals surface area contributed by atoms with Gasteiger partial charge >= 0.3 is 0 Å². The minimum Gasteiger partial charge on any atom is -0.330 e. The van der Waals surface area contributed by atoms with Crippen LogP contribution in [0.4, 0.5) is 4.39 Å². The van der Waals surface area contributed by atoms with Gasteiger partial charge in [-0.15, -0.1) is 0 Å². The lowest BCUT2D eigenvalue weighted by atomic mass is 10.1. The van der Waals surface area contributed by atoms with Crippen LogP contribution in [0.3, 0.4) is 0 Å². The molecule has 1 fully saturated rings. The maximum atomic E-state index is 13.1. The normalized spacial score (nSPS) is 18.7. The lowest BCUT2D eigenvalue weighted by Crippen LogP contribution is -2.35. The molecular formula is C17H19ClFN3O. The SMILES string of the molecule is Cn1cc(Cl)c(C2CCCCCN2C(=O)c2ccc(F)cc2)n1. The van der Waals surface area contributed by atoms with Crippen LogP contribution in [0.1, 0.15) is 47.8 Å². The van der Waals surface area contributed by atoms with Crippen LogP contribution in [0.2, 0.25) is 5.02 Å². The molecule has 0 bridgehead atoms. The summed E-state index contributed by atoms with van der Waals surface area (Å²) in [4.78, 5) is 14.7. The number of hydrogen-bond donors (Lipinski definition) is 0. The number of nitrogens with zero attached hydrogens (tertiary/aromatic N) is 3. The van der Waals surface area contributed by atoms with Gasteiger partial charge in [-0.25, -0.2) is 4.39 Å². The summed E-state index contributed by atoms with van der Waals surface area (Å²) in [7, 11) is 1.82. The van der Waals surface area contributed by atoms with Crippen molar-refractivity contribution < 1.29 is 9.18 Å². The second kappa shape index (κ2) is 6.71. The van der Waals surface area contributed by atoms with Crippen molar-refractivity contribution >= 4 is 17.5 Å². The van der Waals surface area contributed by atoms with Gasteiger partial charge < -0.3 is 4.90 Å². The average molecular weight is 336 g/mol. The highest BCUT2D eigenvalue weighted by atomic mass is 35.5. The highest BCUT2D eigenvalue weighted by molar-refractivity contribution is 6.31. The van der Waals surface area contributed by atoms with Gasteiger partial charge in [0.05, 0.1) is 11.1 Å².